The molecule has 2 aromatic rings. The van der Waals surface area contributed by atoms with Gasteiger partial charge in [-0.05, 0) is 49.2 Å². The first kappa shape index (κ1) is 22.7. The van der Waals surface area contributed by atoms with Crippen molar-refractivity contribution < 1.29 is 28.7 Å². The molecule has 1 aliphatic heterocycles. The van der Waals surface area contributed by atoms with Gasteiger partial charge in [-0.25, -0.2) is 14.6 Å². The normalized spacial score (nSPS) is 13.3. The van der Waals surface area contributed by atoms with E-state index in [1.807, 2.05) is 32.0 Å². The van der Waals surface area contributed by atoms with Crippen LogP contribution in [0.15, 0.2) is 41.5 Å². The molecule has 9 nitrogen and oxygen atoms in total. The summed E-state index contributed by atoms with van der Waals surface area (Å²) in [7, 11) is 2.42. The summed E-state index contributed by atoms with van der Waals surface area (Å²) in [6.07, 6.45) is 0.280. The number of aryl methyl sites for hydroxylation is 2. The van der Waals surface area contributed by atoms with Crippen LogP contribution in [0.3, 0.4) is 0 Å². The molecule has 2 aromatic carbocycles. The molecule has 9 heteroatoms. The van der Waals surface area contributed by atoms with Gasteiger partial charge >= 0.3 is 11.9 Å². The number of carbonyl (C=O) groups excluding carboxylic acids is 4. The standard InChI is InChI=1S/C23H23N3O6/c1-13-5-6-14(2)19(9-13)26-20(27)8-7-18(25-26)21(28)24-17-11-15(22(29)31-3)10-16(12-17)23(30)32-4/h5-6,9-12H,7-8H2,1-4H3,(H,24,28). The van der Waals surface area contributed by atoms with E-state index in [1.54, 1.807) is 0 Å². The van der Waals surface area contributed by atoms with Gasteiger partial charge in [0.05, 0.1) is 31.0 Å². The maximum Gasteiger partial charge on any atom is 0.337 e. The van der Waals surface area contributed by atoms with Crippen LogP contribution in [0, 0.1) is 13.8 Å². The Labute approximate surface area is 185 Å². The molecule has 1 aliphatic rings. The van der Waals surface area contributed by atoms with Crippen molar-refractivity contribution in [2.75, 3.05) is 24.5 Å². The van der Waals surface area contributed by atoms with Gasteiger partial charge in [0.15, 0.2) is 0 Å². The molecule has 0 atom stereocenters. The van der Waals surface area contributed by atoms with Gasteiger partial charge in [0.2, 0.25) is 5.91 Å². The molecular weight excluding hydrogens is 414 g/mol. The third kappa shape index (κ3) is 4.83. The molecule has 0 aromatic heterocycles. The molecule has 0 radical (unpaired) electrons. The molecular formula is C23H23N3O6. The van der Waals surface area contributed by atoms with Crippen molar-refractivity contribution in [3.05, 3.63) is 58.7 Å². The predicted octanol–water partition coefficient (Wildman–Crippen LogP) is 3.00. The molecule has 0 unspecified atom stereocenters. The number of esters is 2. The molecule has 0 saturated heterocycles. The van der Waals surface area contributed by atoms with Gasteiger partial charge < -0.3 is 14.8 Å². The Kier molecular flexibility index (Phi) is 6.67. The highest BCUT2D eigenvalue weighted by atomic mass is 16.5. The van der Waals surface area contributed by atoms with Crippen LogP contribution in [0.25, 0.3) is 0 Å². The monoisotopic (exact) mass is 437 g/mol. The maximum atomic E-state index is 12.9. The van der Waals surface area contributed by atoms with Gasteiger partial charge in [0, 0.05) is 18.5 Å². The van der Waals surface area contributed by atoms with Crippen LogP contribution in [0.4, 0.5) is 11.4 Å². The van der Waals surface area contributed by atoms with Gasteiger partial charge in [-0.3, -0.25) is 9.59 Å². The van der Waals surface area contributed by atoms with Crippen molar-refractivity contribution in [1.82, 2.24) is 0 Å². The summed E-state index contributed by atoms with van der Waals surface area (Å²) in [6.45, 7) is 3.76. The molecule has 0 bridgehead atoms. The smallest absolute Gasteiger partial charge is 0.337 e. The van der Waals surface area contributed by atoms with E-state index in [1.165, 1.54) is 37.4 Å². The van der Waals surface area contributed by atoms with E-state index < -0.39 is 17.8 Å². The lowest BCUT2D eigenvalue weighted by Crippen LogP contribution is -2.36. The van der Waals surface area contributed by atoms with Crippen molar-refractivity contribution >= 4 is 40.8 Å². The van der Waals surface area contributed by atoms with Crippen LogP contribution >= 0.6 is 0 Å². The molecule has 1 N–H and O–H groups in total. The zero-order valence-electron chi connectivity index (χ0n) is 18.2. The number of methoxy groups -OCH3 is 2. The summed E-state index contributed by atoms with van der Waals surface area (Å²) in [6, 6.07) is 9.72. The van der Waals surface area contributed by atoms with Crippen molar-refractivity contribution in [3.63, 3.8) is 0 Å². The summed E-state index contributed by atoms with van der Waals surface area (Å²) in [5, 5.41) is 8.17. The number of nitrogens with zero attached hydrogens (tertiary/aromatic N) is 2. The SMILES string of the molecule is COC(=O)c1cc(NC(=O)C2=NN(c3cc(C)ccc3C)C(=O)CC2)cc(C(=O)OC)c1. The van der Waals surface area contributed by atoms with Gasteiger partial charge in [0.1, 0.15) is 5.71 Å². The number of amides is 2. The van der Waals surface area contributed by atoms with Crippen LogP contribution in [0.1, 0.15) is 44.7 Å². The molecule has 32 heavy (non-hydrogen) atoms. The van der Waals surface area contributed by atoms with Crippen LogP contribution in [0.5, 0.6) is 0 Å². The summed E-state index contributed by atoms with van der Waals surface area (Å²) >= 11 is 0. The number of rotatable bonds is 5. The minimum atomic E-state index is -0.673. The summed E-state index contributed by atoms with van der Waals surface area (Å²) < 4.78 is 9.41. The third-order valence-corrected chi connectivity index (χ3v) is 4.92. The van der Waals surface area contributed by atoms with E-state index >= 15 is 0 Å². The van der Waals surface area contributed by atoms with E-state index in [4.69, 9.17) is 9.47 Å². The van der Waals surface area contributed by atoms with Gasteiger partial charge in [-0.2, -0.15) is 5.10 Å². The second-order valence-electron chi connectivity index (χ2n) is 7.28. The predicted molar refractivity (Wildman–Crippen MR) is 118 cm³/mol. The molecule has 2 amide bonds. The van der Waals surface area contributed by atoms with Crippen molar-refractivity contribution in [2.24, 2.45) is 5.10 Å². The second-order valence-corrected chi connectivity index (χ2v) is 7.28. The fraction of sp³-hybridized carbons (Fsp3) is 0.261. The number of carbonyl (C=O) groups is 4. The van der Waals surface area contributed by atoms with E-state index in [2.05, 4.69) is 10.4 Å². The largest absolute Gasteiger partial charge is 0.465 e. The molecule has 166 valence electrons. The van der Waals surface area contributed by atoms with E-state index in [-0.39, 0.29) is 41.3 Å². The molecule has 0 aliphatic carbocycles. The van der Waals surface area contributed by atoms with Crippen molar-refractivity contribution in [2.45, 2.75) is 26.7 Å². The number of anilines is 2. The van der Waals surface area contributed by atoms with Crippen LogP contribution in [-0.4, -0.2) is 43.7 Å². The Morgan fingerprint density at radius 2 is 1.56 bits per heavy atom. The summed E-state index contributed by atoms with van der Waals surface area (Å²) in [5.74, 6) is -2.11. The first-order chi connectivity index (χ1) is 15.2. The highest BCUT2D eigenvalue weighted by Crippen LogP contribution is 2.26. The first-order valence-corrected chi connectivity index (χ1v) is 9.84. The first-order valence-electron chi connectivity index (χ1n) is 9.84. The van der Waals surface area contributed by atoms with E-state index in [0.717, 1.165) is 11.1 Å². The Morgan fingerprint density at radius 3 is 2.16 bits per heavy atom. The van der Waals surface area contributed by atoms with Crippen molar-refractivity contribution in [3.8, 4) is 0 Å². The average Bonchev–Trinajstić information content (AvgIpc) is 2.79. The van der Waals surface area contributed by atoms with Gasteiger partial charge in [0.25, 0.3) is 5.91 Å². The number of hydrogen-bond acceptors (Lipinski definition) is 7. The fourth-order valence-electron chi connectivity index (χ4n) is 3.23. The van der Waals surface area contributed by atoms with E-state index in [9.17, 15) is 19.2 Å². The van der Waals surface area contributed by atoms with Gasteiger partial charge in [-0.1, -0.05) is 12.1 Å². The highest BCUT2D eigenvalue weighted by Gasteiger charge is 2.27. The van der Waals surface area contributed by atoms with Gasteiger partial charge in [-0.15, -0.1) is 0 Å². The number of benzene rings is 2. The molecule has 3 rings (SSSR count). The highest BCUT2D eigenvalue weighted by molar-refractivity contribution is 6.44. The fourth-order valence-corrected chi connectivity index (χ4v) is 3.23. The zero-order chi connectivity index (χ0) is 23.4. The Hall–Kier alpha value is -4.01. The van der Waals surface area contributed by atoms with E-state index in [0.29, 0.717) is 5.69 Å². The average molecular weight is 437 g/mol. The van der Waals surface area contributed by atoms with Crippen LogP contribution < -0.4 is 10.3 Å². The zero-order valence-corrected chi connectivity index (χ0v) is 18.2. The van der Waals surface area contributed by atoms with Crippen LogP contribution in [-0.2, 0) is 19.1 Å². The molecule has 0 saturated carbocycles. The topological polar surface area (TPSA) is 114 Å². The summed E-state index contributed by atoms with van der Waals surface area (Å²) in [4.78, 5) is 49.3. The Balaban J connectivity index is 1.92. The number of hydrazone groups is 1. The molecule has 0 spiro atoms. The Morgan fingerprint density at radius 1 is 0.938 bits per heavy atom. The maximum absolute atomic E-state index is 12.9. The second kappa shape index (κ2) is 9.42. The van der Waals surface area contributed by atoms with Crippen molar-refractivity contribution in [1.29, 1.82) is 0 Å². The minimum Gasteiger partial charge on any atom is -0.465 e. The number of hydrogen-bond donors (Lipinski definition) is 1. The lowest BCUT2D eigenvalue weighted by molar-refractivity contribution is -0.118. The quantitative estimate of drug-likeness (QED) is 0.719. The lowest BCUT2D eigenvalue weighted by atomic mass is 10.1. The lowest BCUT2D eigenvalue weighted by Gasteiger charge is -2.25. The van der Waals surface area contributed by atoms with Crippen LogP contribution in [0.2, 0.25) is 0 Å². The molecule has 1 heterocycles. The Bertz CT molecular complexity index is 1100. The number of nitrogens with one attached hydrogen (secondary N) is 1. The minimum absolute atomic E-state index is 0.0727. The molecule has 0 fully saturated rings. The summed E-state index contributed by atoms with van der Waals surface area (Å²) in [5.41, 5.74) is 2.90. The third-order valence-electron chi connectivity index (χ3n) is 4.92. The number of ether oxygens (including phenoxy) is 2.